The van der Waals surface area contributed by atoms with E-state index < -0.39 is 9.84 Å². The van der Waals surface area contributed by atoms with Gasteiger partial charge in [-0.3, -0.25) is 4.79 Å². The van der Waals surface area contributed by atoms with E-state index in [9.17, 15) is 13.2 Å². The Balaban J connectivity index is 1.53. The summed E-state index contributed by atoms with van der Waals surface area (Å²) in [5, 5.41) is 0. The summed E-state index contributed by atoms with van der Waals surface area (Å²) in [5.74, 6) is 0.600. The Morgan fingerprint density at radius 2 is 1.73 bits per heavy atom. The SMILES string of the molecule is COc1ccc2c(c1)CCCN2C(=O)c1ccc(CS(=O)(=O)c2ccccc2)cc1. The van der Waals surface area contributed by atoms with Crippen LogP contribution < -0.4 is 9.64 Å². The van der Waals surface area contributed by atoms with Gasteiger partial charge in [0.05, 0.1) is 17.8 Å². The fourth-order valence-corrected chi connectivity index (χ4v) is 5.11. The Hall–Kier alpha value is -3.12. The molecule has 1 heterocycles. The lowest BCUT2D eigenvalue weighted by Gasteiger charge is -2.30. The minimum atomic E-state index is -3.42. The number of fused-ring (bicyclic) bond motifs is 1. The third kappa shape index (κ3) is 4.09. The molecule has 1 aliphatic rings. The Kier molecular flexibility index (Phi) is 5.59. The second kappa shape index (κ2) is 8.32. The molecule has 1 aliphatic heterocycles. The number of carbonyl (C=O) groups excluding carboxylic acids is 1. The largest absolute Gasteiger partial charge is 0.497 e. The first-order valence-corrected chi connectivity index (χ1v) is 11.5. The summed E-state index contributed by atoms with van der Waals surface area (Å²) < 4.78 is 30.4. The number of amides is 1. The predicted molar refractivity (Wildman–Crippen MR) is 117 cm³/mol. The van der Waals surface area contributed by atoms with Crippen molar-refractivity contribution in [1.29, 1.82) is 0 Å². The third-order valence-corrected chi connectivity index (χ3v) is 7.01. The summed E-state index contributed by atoms with van der Waals surface area (Å²) in [7, 11) is -1.79. The van der Waals surface area contributed by atoms with E-state index in [2.05, 4.69) is 0 Å². The Bertz CT molecular complexity index is 1160. The van der Waals surface area contributed by atoms with E-state index in [-0.39, 0.29) is 11.7 Å². The molecule has 0 saturated carbocycles. The molecule has 0 fully saturated rings. The van der Waals surface area contributed by atoms with Gasteiger partial charge in [-0.05, 0) is 66.4 Å². The van der Waals surface area contributed by atoms with Gasteiger partial charge in [0.1, 0.15) is 5.75 Å². The molecule has 1 amide bonds. The number of carbonyl (C=O) groups is 1. The van der Waals surface area contributed by atoms with Gasteiger partial charge in [-0.2, -0.15) is 0 Å². The number of aryl methyl sites for hydroxylation is 1. The monoisotopic (exact) mass is 421 g/mol. The fourth-order valence-electron chi connectivity index (χ4n) is 3.74. The summed E-state index contributed by atoms with van der Waals surface area (Å²) in [5.41, 5.74) is 3.20. The van der Waals surface area contributed by atoms with Crippen LogP contribution in [0.4, 0.5) is 5.69 Å². The van der Waals surface area contributed by atoms with Gasteiger partial charge in [0.25, 0.3) is 5.91 Å². The maximum Gasteiger partial charge on any atom is 0.258 e. The van der Waals surface area contributed by atoms with Gasteiger partial charge >= 0.3 is 0 Å². The summed E-state index contributed by atoms with van der Waals surface area (Å²) in [6.45, 7) is 0.655. The van der Waals surface area contributed by atoms with E-state index in [4.69, 9.17) is 4.74 Å². The molecule has 0 radical (unpaired) electrons. The van der Waals surface area contributed by atoms with Crippen LogP contribution in [-0.2, 0) is 22.0 Å². The zero-order chi connectivity index (χ0) is 21.1. The van der Waals surface area contributed by atoms with E-state index in [1.54, 1.807) is 66.6 Å². The van der Waals surface area contributed by atoms with Crippen LogP contribution >= 0.6 is 0 Å². The van der Waals surface area contributed by atoms with E-state index >= 15 is 0 Å². The van der Waals surface area contributed by atoms with E-state index in [0.29, 0.717) is 22.6 Å². The number of methoxy groups -OCH3 is 1. The summed E-state index contributed by atoms with van der Waals surface area (Å²) >= 11 is 0. The fraction of sp³-hybridized carbons (Fsp3) is 0.208. The van der Waals surface area contributed by atoms with Crippen molar-refractivity contribution >= 4 is 21.4 Å². The summed E-state index contributed by atoms with van der Waals surface area (Å²) in [4.78, 5) is 15.2. The smallest absolute Gasteiger partial charge is 0.258 e. The van der Waals surface area contributed by atoms with E-state index in [0.717, 1.165) is 29.8 Å². The number of nitrogens with zero attached hydrogens (tertiary/aromatic N) is 1. The minimum Gasteiger partial charge on any atom is -0.497 e. The molecule has 30 heavy (non-hydrogen) atoms. The molecular weight excluding hydrogens is 398 g/mol. The highest BCUT2D eigenvalue weighted by atomic mass is 32.2. The molecule has 154 valence electrons. The highest BCUT2D eigenvalue weighted by Gasteiger charge is 2.24. The summed E-state index contributed by atoms with van der Waals surface area (Å²) in [6, 6.07) is 21.0. The Morgan fingerprint density at radius 3 is 2.43 bits per heavy atom. The highest BCUT2D eigenvalue weighted by molar-refractivity contribution is 7.90. The number of sulfone groups is 1. The van der Waals surface area contributed by atoms with Crippen LogP contribution in [0.15, 0.2) is 77.7 Å². The molecule has 3 aromatic carbocycles. The third-order valence-electron chi connectivity index (χ3n) is 5.31. The van der Waals surface area contributed by atoms with Crippen LogP contribution in [0, 0.1) is 0 Å². The molecule has 6 heteroatoms. The van der Waals surface area contributed by atoms with Crippen molar-refractivity contribution in [2.75, 3.05) is 18.6 Å². The first-order chi connectivity index (χ1) is 14.5. The lowest BCUT2D eigenvalue weighted by atomic mass is 10.00. The van der Waals surface area contributed by atoms with Crippen molar-refractivity contribution in [3.05, 3.63) is 89.5 Å². The standard InChI is InChI=1S/C24H23NO4S/c1-29-21-13-14-23-20(16-21)6-5-15-25(23)24(26)19-11-9-18(10-12-19)17-30(27,28)22-7-3-2-4-8-22/h2-4,7-14,16H,5-6,15,17H2,1H3. The average molecular weight is 422 g/mol. The molecule has 0 N–H and O–H groups in total. The van der Waals surface area contributed by atoms with Gasteiger partial charge in [-0.25, -0.2) is 8.42 Å². The molecule has 5 nitrogen and oxygen atoms in total. The van der Waals surface area contributed by atoms with Crippen LogP contribution in [0.2, 0.25) is 0 Å². The number of ether oxygens (including phenoxy) is 1. The van der Waals surface area contributed by atoms with Crippen LogP contribution in [0.3, 0.4) is 0 Å². The van der Waals surface area contributed by atoms with Crippen molar-refractivity contribution in [2.24, 2.45) is 0 Å². The highest BCUT2D eigenvalue weighted by Crippen LogP contribution is 2.31. The van der Waals surface area contributed by atoms with Crippen LogP contribution in [0.5, 0.6) is 5.75 Å². The first kappa shape index (κ1) is 20.2. The molecule has 0 bridgehead atoms. The normalized spacial score (nSPS) is 13.6. The maximum absolute atomic E-state index is 13.1. The van der Waals surface area contributed by atoms with Crippen LogP contribution in [0.1, 0.15) is 27.9 Å². The van der Waals surface area contributed by atoms with Crippen molar-refractivity contribution in [3.8, 4) is 5.75 Å². The van der Waals surface area contributed by atoms with E-state index in [1.807, 2.05) is 18.2 Å². The zero-order valence-electron chi connectivity index (χ0n) is 16.7. The molecule has 0 atom stereocenters. The van der Waals surface area contributed by atoms with Gasteiger partial charge in [0.2, 0.25) is 0 Å². The minimum absolute atomic E-state index is 0.0846. The van der Waals surface area contributed by atoms with Crippen molar-refractivity contribution in [1.82, 2.24) is 0 Å². The topological polar surface area (TPSA) is 63.7 Å². The Labute approximate surface area is 176 Å². The van der Waals surface area contributed by atoms with Gasteiger partial charge in [-0.15, -0.1) is 0 Å². The van der Waals surface area contributed by atoms with Gasteiger partial charge < -0.3 is 9.64 Å². The number of hydrogen-bond donors (Lipinski definition) is 0. The zero-order valence-corrected chi connectivity index (χ0v) is 17.6. The number of benzene rings is 3. The molecule has 4 rings (SSSR count). The van der Waals surface area contributed by atoms with Crippen LogP contribution in [-0.4, -0.2) is 28.0 Å². The number of hydrogen-bond acceptors (Lipinski definition) is 4. The second-order valence-electron chi connectivity index (χ2n) is 7.32. The molecule has 0 saturated heterocycles. The average Bonchev–Trinajstić information content (AvgIpc) is 2.78. The van der Waals surface area contributed by atoms with E-state index in [1.165, 1.54) is 0 Å². The van der Waals surface area contributed by atoms with Gasteiger partial charge in [0.15, 0.2) is 9.84 Å². The first-order valence-electron chi connectivity index (χ1n) is 9.83. The molecule has 0 aliphatic carbocycles. The molecule has 3 aromatic rings. The second-order valence-corrected chi connectivity index (χ2v) is 9.31. The van der Waals surface area contributed by atoms with Crippen LogP contribution in [0.25, 0.3) is 0 Å². The summed E-state index contributed by atoms with van der Waals surface area (Å²) in [6.07, 6.45) is 1.80. The lowest BCUT2D eigenvalue weighted by Crippen LogP contribution is -2.35. The Morgan fingerprint density at radius 1 is 1.00 bits per heavy atom. The van der Waals surface area contributed by atoms with Crippen molar-refractivity contribution in [2.45, 2.75) is 23.5 Å². The van der Waals surface area contributed by atoms with Crippen molar-refractivity contribution in [3.63, 3.8) is 0 Å². The lowest BCUT2D eigenvalue weighted by molar-refractivity contribution is 0.0985. The molecule has 0 spiro atoms. The van der Waals surface area contributed by atoms with Gasteiger partial charge in [-0.1, -0.05) is 30.3 Å². The quantitative estimate of drug-likeness (QED) is 0.617. The predicted octanol–water partition coefficient (Wildman–Crippen LogP) is 4.26. The number of rotatable bonds is 5. The maximum atomic E-state index is 13.1. The molecule has 0 unspecified atom stereocenters. The number of anilines is 1. The van der Waals surface area contributed by atoms with Gasteiger partial charge in [0, 0.05) is 17.8 Å². The van der Waals surface area contributed by atoms with Crippen molar-refractivity contribution < 1.29 is 17.9 Å². The molecule has 0 aromatic heterocycles. The molecular formula is C24H23NO4S.